The molecule has 1 aliphatic heterocycles. The Labute approximate surface area is 131 Å². The summed E-state index contributed by atoms with van der Waals surface area (Å²) in [5.74, 6) is 0.419. The molecule has 1 aromatic carbocycles. The molecule has 3 rings (SSSR count). The minimum absolute atomic E-state index is 0.108. The SMILES string of the molecule is O=C(C[C@H]1CCNC1)NCC1(c2ccccc2F)CCCC1. The number of hydrogen-bond donors (Lipinski definition) is 2. The highest BCUT2D eigenvalue weighted by atomic mass is 19.1. The molecule has 22 heavy (non-hydrogen) atoms. The van der Waals surface area contributed by atoms with Crippen LogP contribution in [0.25, 0.3) is 0 Å². The number of carbonyl (C=O) groups excluding carboxylic acids is 1. The fraction of sp³-hybridized carbons (Fsp3) is 0.611. The smallest absolute Gasteiger partial charge is 0.220 e. The Morgan fingerprint density at radius 2 is 2.09 bits per heavy atom. The number of carbonyl (C=O) groups is 1. The first-order chi connectivity index (χ1) is 10.7. The predicted molar refractivity (Wildman–Crippen MR) is 85.1 cm³/mol. The molecule has 1 saturated carbocycles. The van der Waals surface area contributed by atoms with Gasteiger partial charge in [-0.25, -0.2) is 4.39 Å². The number of benzene rings is 1. The fourth-order valence-corrected chi connectivity index (χ4v) is 3.98. The molecule has 1 amide bonds. The lowest BCUT2D eigenvalue weighted by Crippen LogP contribution is -2.40. The van der Waals surface area contributed by atoms with Gasteiger partial charge in [0.2, 0.25) is 5.91 Å². The van der Waals surface area contributed by atoms with Gasteiger partial charge in [-0.15, -0.1) is 0 Å². The minimum atomic E-state index is -0.213. The maximum atomic E-state index is 14.2. The van der Waals surface area contributed by atoms with E-state index >= 15 is 0 Å². The van der Waals surface area contributed by atoms with E-state index in [9.17, 15) is 9.18 Å². The van der Waals surface area contributed by atoms with Gasteiger partial charge >= 0.3 is 0 Å². The number of hydrogen-bond acceptors (Lipinski definition) is 2. The van der Waals surface area contributed by atoms with Crippen LogP contribution in [0.3, 0.4) is 0 Å². The van der Waals surface area contributed by atoms with Crippen molar-refractivity contribution in [3.05, 3.63) is 35.6 Å². The fourth-order valence-electron chi connectivity index (χ4n) is 3.98. The lowest BCUT2D eigenvalue weighted by molar-refractivity contribution is -0.122. The summed E-state index contributed by atoms with van der Waals surface area (Å²) in [4.78, 5) is 12.2. The van der Waals surface area contributed by atoms with E-state index in [1.165, 1.54) is 6.07 Å². The first kappa shape index (κ1) is 15.5. The predicted octanol–water partition coefficient (Wildman–Crippen LogP) is 2.75. The molecule has 1 saturated heterocycles. The molecule has 3 nitrogen and oxygen atoms in total. The lowest BCUT2D eigenvalue weighted by atomic mass is 9.78. The van der Waals surface area contributed by atoms with E-state index in [0.717, 1.165) is 50.8 Å². The summed E-state index contributed by atoms with van der Waals surface area (Å²) in [5, 5.41) is 6.37. The van der Waals surface area contributed by atoms with Crippen LogP contribution in [-0.4, -0.2) is 25.5 Å². The van der Waals surface area contributed by atoms with Crippen LogP contribution in [0.5, 0.6) is 0 Å². The zero-order valence-electron chi connectivity index (χ0n) is 13.0. The van der Waals surface area contributed by atoms with Gasteiger partial charge in [-0.1, -0.05) is 31.0 Å². The lowest BCUT2D eigenvalue weighted by Gasteiger charge is -2.30. The number of rotatable bonds is 5. The maximum Gasteiger partial charge on any atom is 0.220 e. The van der Waals surface area contributed by atoms with Crippen molar-refractivity contribution in [3.8, 4) is 0 Å². The van der Waals surface area contributed by atoms with Crippen molar-refractivity contribution in [3.63, 3.8) is 0 Å². The molecule has 1 heterocycles. The second kappa shape index (κ2) is 6.78. The summed E-state index contributed by atoms with van der Waals surface area (Å²) < 4.78 is 14.2. The molecule has 1 atom stereocenters. The van der Waals surface area contributed by atoms with E-state index in [1.807, 2.05) is 12.1 Å². The highest BCUT2D eigenvalue weighted by molar-refractivity contribution is 5.76. The van der Waals surface area contributed by atoms with Gasteiger partial charge in [0, 0.05) is 18.4 Å². The normalized spacial score (nSPS) is 23.6. The van der Waals surface area contributed by atoms with Crippen LogP contribution in [0.15, 0.2) is 24.3 Å². The van der Waals surface area contributed by atoms with Gasteiger partial charge in [0.15, 0.2) is 0 Å². The molecule has 1 aliphatic carbocycles. The molecule has 0 spiro atoms. The van der Waals surface area contributed by atoms with Crippen LogP contribution in [-0.2, 0) is 10.2 Å². The van der Waals surface area contributed by atoms with Crippen LogP contribution in [0, 0.1) is 11.7 Å². The van der Waals surface area contributed by atoms with E-state index in [2.05, 4.69) is 10.6 Å². The van der Waals surface area contributed by atoms with E-state index in [4.69, 9.17) is 0 Å². The average molecular weight is 304 g/mol. The molecule has 0 radical (unpaired) electrons. The van der Waals surface area contributed by atoms with Gasteiger partial charge in [-0.2, -0.15) is 0 Å². The van der Waals surface area contributed by atoms with Crippen molar-refractivity contribution in [1.82, 2.24) is 10.6 Å². The number of halogens is 1. The standard InChI is InChI=1S/C18H25FN2O/c19-16-6-2-1-5-15(16)18(8-3-4-9-18)13-21-17(22)11-14-7-10-20-12-14/h1-2,5-6,14,20H,3-4,7-13H2,(H,21,22)/t14-/m1/s1. The van der Waals surface area contributed by atoms with Crippen LogP contribution in [0.1, 0.15) is 44.1 Å². The Bertz CT molecular complexity index is 520. The zero-order valence-corrected chi connectivity index (χ0v) is 13.0. The monoisotopic (exact) mass is 304 g/mol. The molecule has 1 aromatic rings. The van der Waals surface area contributed by atoms with Gasteiger partial charge < -0.3 is 10.6 Å². The quantitative estimate of drug-likeness (QED) is 0.878. The van der Waals surface area contributed by atoms with Crippen LogP contribution in [0.4, 0.5) is 4.39 Å². The van der Waals surface area contributed by atoms with Crippen molar-refractivity contribution < 1.29 is 9.18 Å². The summed E-state index contributed by atoms with van der Waals surface area (Å²) in [5.41, 5.74) is 0.560. The van der Waals surface area contributed by atoms with Gasteiger partial charge in [-0.05, 0) is 49.9 Å². The molecule has 2 N–H and O–H groups in total. The first-order valence-corrected chi connectivity index (χ1v) is 8.42. The van der Waals surface area contributed by atoms with E-state index in [-0.39, 0.29) is 17.1 Å². The van der Waals surface area contributed by atoms with Crippen molar-refractivity contribution in [2.24, 2.45) is 5.92 Å². The van der Waals surface area contributed by atoms with Crippen LogP contribution >= 0.6 is 0 Å². The summed E-state index contributed by atoms with van der Waals surface area (Å²) in [6, 6.07) is 7.03. The van der Waals surface area contributed by atoms with Crippen molar-refractivity contribution in [2.75, 3.05) is 19.6 Å². The first-order valence-electron chi connectivity index (χ1n) is 8.42. The van der Waals surface area contributed by atoms with Crippen LogP contribution in [0.2, 0.25) is 0 Å². The molecule has 0 bridgehead atoms. The topological polar surface area (TPSA) is 41.1 Å². The molecule has 0 aromatic heterocycles. The second-order valence-electron chi connectivity index (χ2n) is 6.81. The van der Waals surface area contributed by atoms with Crippen molar-refractivity contribution >= 4 is 5.91 Å². The molecular formula is C18H25FN2O. The average Bonchev–Trinajstić information content (AvgIpc) is 3.18. The summed E-state index contributed by atoms with van der Waals surface area (Å²) in [6.07, 6.45) is 5.79. The van der Waals surface area contributed by atoms with Gasteiger partial charge in [0.25, 0.3) is 0 Å². The largest absolute Gasteiger partial charge is 0.355 e. The molecule has 120 valence electrons. The molecule has 0 unspecified atom stereocenters. The number of nitrogens with one attached hydrogen (secondary N) is 2. The van der Waals surface area contributed by atoms with Crippen LogP contribution < -0.4 is 10.6 Å². The highest BCUT2D eigenvalue weighted by Crippen LogP contribution is 2.41. The van der Waals surface area contributed by atoms with Crippen molar-refractivity contribution in [2.45, 2.75) is 43.9 Å². The second-order valence-corrected chi connectivity index (χ2v) is 6.81. The molecule has 2 fully saturated rings. The third-order valence-corrected chi connectivity index (χ3v) is 5.27. The Hall–Kier alpha value is -1.42. The van der Waals surface area contributed by atoms with Crippen molar-refractivity contribution in [1.29, 1.82) is 0 Å². The zero-order chi connectivity index (χ0) is 15.4. The van der Waals surface area contributed by atoms with E-state index in [1.54, 1.807) is 6.07 Å². The Morgan fingerprint density at radius 1 is 1.32 bits per heavy atom. The third kappa shape index (κ3) is 3.32. The Balaban J connectivity index is 1.64. The Kier molecular flexibility index (Phi) is 4.77. The summed E-state index contributed by atoms with van der Waals surface area (Å²) >= 11 is 0. The van der Waals surface area contributed by atoms with Gasteiger partial charge in [0.05, 0.1) is 0 Å². The Morgan fingerprint density at radius 3 is 2.77 bits per heavy atom. The summed E-state index contributed by atoms with van der Waals surface area (Å²) in [6.45, 7) is 2.51. The van der Waals surface area contributed by atoms with E-state index < -0.39 is 0 Å². The van der Waals surface area contributed by atoms with Gasteiger partial charge in [0.1, 0.15) is 5.82 Å². The summed E-state index contributed by atoms with van der Waals surface area (Å²) in [7, 11) is 0. The van der Waals surface area contributed by atoms with Gasteiger partial charge in [-0.3, -0.25) is 4.79 Å². The highest BCUT2D eigenvalue weighted by Gasteiger charge is 2.37. The maximum absolute atomic E-state index is 14.2. The minimum Gasteiger partial charge on any atom is -0.355 e. The third-order valence-electron chi connectivity index (χ3n) is 5.27. The van der Waals surface area contributed by atoms with E-state index in [0.29, 0.717) is 18.9 Å². The number of amides is 1. The molecule has 4 heteroatoms. The molecular weight excluding hydrogens is 279 g/mol. The molecule has 2 aliphatic rings.